The fourth-order valence-electron chi connectivity index (χ4n) is 1.96. The average molecular weight is 258 g/mol. The first-order valence-electron chi connectivity index (χ1n) is 6.62. The molecule has 0 aromatic rings. The second kappa shape index (κ2) is 5.89. The van der Waals surface area contributed by atoms with Crippen LogP contribution < -0.4 is 10.9 Å². The maximum atomic E-state index is 11.5. The van der Waals surface area contributed by atoms with Crippen LogP contribution in [0.25, 0.3) is 0 Å². The summed E-state index contributed by atoms with van der Waals surface area (Å²) in [4.78, 5) is 11.5. The molecule has 1 fully saturated rings. The van der Waals surface area contributed by atoms with Crippen molar-refractivity contribution >= 4 is 6.09 Å². The number of hydrogen-bond acceptors (Lipinski definition) is 4. The molecule has 5 nitrogen and oxygen atoms in total. The molecule has 0 saturated carbocycles. The molecule has 1 aliphatic rings. The summed E-state index contributed by atoms with van der Waals surface area (Å²) in [5.74, 6) is 0. The molecular formula is C13H26N2O3. The lowest BCUT2D eigenvalue weighted by molar-refractivity contribution is -0.0796. The Morgan fingerprint density at radius 3 is 2.72 bits per heavy atom. The Labute approximate surface area is 110 Å². The molecule has 5 heteroatoms. The van der Waals surface area contributed by atoms with Crippen molar-refractivity contribution in [3.8, 4) is 0 Å². The maximum Gasteiger partial charge on any atom is 0.422 e. The number of carbonyl (C=O) groups excluding carboxylic acids is 1. The number of nitrogens with one attached hydrogen (secondary N) is 2. The SMILES string of the molecule is CCC1(C)CC(NNC(=O)OC(C)(C)C)CCO1. The smallest absolute Gasteiger partial charge is 0.422 e. The lowest BCUT2D eigenvalue weighted by Crippen LogP contribution is -2.52. The lowest BCUT2D eigenvalue weighted by Gasteiger charge is -2.38. The minimum atomic E-state index is -0.473. The third-order valence-corrected chi connectivity index (χ3v) is 3.12. The predicted octanol–water partition coefficient (Wildman–Crippen LogP) is 2.36. The van der Waals surface area contributed by atoms with Gasteiger partial charge in [0.1, 0.15) is 5.60 Å². The van der Waals surface area contributed by atoms with Crippen molar-refractivity contribution in [3.63, 3.8) is 0 Å². The highest BCUT2D eigenvalue weighted by Crippen LogP contribution is 2.27. The number of carbonyl (C=O) groups is 1. The summed E-state index contributed by atoms with van der Waals surface area (Å²) in [7, 11) is 0. The van der Waals surface area contributed by atoms with E-state index in [4.69, 9.17) is 9.47 Å². The van der Waals surface area contributed by atoms with Crippen molar-refractivity contribution in [2.45, 2.75) is 71.1 Å². The van der Waals surface area contributed by atoms with Crippen LogP contribution in [0.15, 0.2) is 0 Å². The number of amides is 1. The Balaban J connectivity index is 2.33. The Kier molecular flexibility index (Phi) is 4.99. The van der Waals surface area contributed by atoms with Crippen LogP contribution in [0.4, 0.5) is 4.79 Å². The molecule has 0 bridgehead atoms. The molecule has 2 N–H and O–H groups in total. The molecule has 106 valence electrons. The van der Waals surface area contributed by atoms with Gasteiger partial charge in [-0.2, -0.15) is 0 Å². The standard InChI is InChI=1S/C13H26N2O3/c1-6-13(5)9-10(7-8-17-13)14-15-11(16)18-12(2,3)4/h10,14H,6-9H2,1-5H3,(H,15,16). The molecule has 1 rings (SSSR count). The van der Waals surface area contributed by atoms with Gasteiger partial charge in [-0.3, -0.25) is 5.43 Å². The van der Waals surface area contributed by atoms with Gasteiger partial charge in [-0.15, -0.1) is 0 Å². The highest BCUT2D eigenvalue weighted by atomic mass is 16.6. The van der Waals surface area contributed by atoms with Crippen molar-refractivity contribution in [3.05, 3.63) is 0 Å². The molecule has 1 saturated heterocycles. The number of hydrazine groups is 1. The Morgan fingerprint density at radius 2 is 2.17 bits per heavy atom. The zero-order chi connectivity index (χ0) is 13.8. The molecule has 2 atom stereocenters. The highest BCUT2D eigenvalue weighted by Gasteiger charge is 2.31. The minimum absolute atomic E-state index is 0.0917. The van der Waals surface area contributed by atoms with Gasteiger partial charge in [0.15, 0.2) is 0 Å². The summed E-state index contributed by atoms with van der Waals surface area (Å²) in [5.41, 5.74) is 5.07. The van der Waals surface area contributed by atoms with Crippen molar-refractivity contribution in [2.75, 3.05) is 6.61 Å². The molecule has 18 heavy (non-hydrogen) atoms. The quantitative estimate of drug-likeness (QED) is 0.763. The van der Waals surface area contributed by atoms with Crippen molar-refractivity contribution in [1.29, 1.82) is 0 Å². The third kappa shape index (κ3) is 5.23. The second-order valence-corrected chi connectivity index (χ2v) is 6.11. The van der Waals surface area contributed by atoms with Gasteiger partial charge < -0.3 is 9.47 Å². The topological polar surface area (TPSA) is 59.6 Å². The van der Waals surface area contributed by atoms with Gasteiger partial charge in [-0.1, -0.05) is 6.92 Å². The summed E-state index contributed by atoms with van der Waals surface area (Å²) in [6, 6.07) is 0.233. The summed E-state index contributed by atoms with van der Waals surface area (Å²) in [5, 5.41) is 0. The number of rotatable bonds is 3. The summed E-state index contributed by atoms with van der Waals surface area (Å²) in [6.45, 7) is 10.5. The van der Waals surface area contributed by atoms with Crippen LogP contribution in [0.3, 0.4) is 0 Å². The van der Waals surface area contributed by atoms with Crippen LogP contribution in [-0.2, 0) is 9.47 Å². The molecule has 0 radical (unpaired) electrons. The van der Waals surface area contributed by atoms with E-state index in [2.05, 4.69) is 24.7 Å². The molecule has 1 amide bonds. The van der Waals surface area contributed by atoms with Crippen molar-refractivity contribution in [2.24, 2.45) is 0 Å². The zero-order valence-electron chi connectivity index (χ0n) is 12.1. The van der Waals surface area contributed by atoms with E-state index in [-0.39, 0.29) is 11.6 Å². The van der Waals surface area contributed by atoms with Crippen LogP contribution in [-0.4, -0.2) is 29.9 Å². The van der Waals surface area contributed by atoms with Crippen LogP contribution in [0.2, 0.25) is 0 Å². The molecule has 1 aliphatic heterocycles. The van der Waals surface area contributed by atoms with Crippen LogP contribution in [0, 0.1) is 0 Å². The molecule has 0 aromatic carbocycles. The third-order valence-electron chi connectivity index (χ3n) is 3.12. The fraction of sp³-hybridized carbons (Fsp3) is 0.923. The Hall–Kier alpha value is -0.810. The van der Waals surface area contributed by atoms with Crippen molar-refractivity contribution < 1.29 is 14.3 Å². The first kappa shape index (κ1) is 15.2. The highest BCUT2D eigenvalue weighted by molar-refractivity contribution is 5.67. The normalized spacial score (nSPS) is 28.8. The maximum absolute atomic E-state index is 11.5. The van der Waals surface area contributed by atoms with E-state index in [1.165, 1.54) is 0 Å². The molecule has 1 heterocycles. The molecular weight excluding hydrogens is 232 g/mol. The van der Waals surface area contributed by atoms with Gasteiger partial charge in [0.2, 0.25) is 0 Å². The van der Waals surface area contributed by atoms with E-state index < -0.39 is 11.7 Å². The average Bonchev–Trinajstić information content (AvgIpc) is 2.24. The van der Waals surface area contributed by atoms with Gasteiger partial charge >= 0.3 is 6.09 Å². The Bertz CT molecular complexity index is 288. The van der Waals surface area contributed by atoms with Crippen LogP contribution >= 0.6 is 0 Å². The fourth-order valence-corrected chi connectivity index (χ4v) is 1.96. The molecule has 0 aromatic heterocycles. The zero-order valence-corrected chi connectivity index (χ0v) is 12.1. The molecule has 0 spiro atoms. The van der Waals surface area contributed by atoms with E-state index in [1.807, 2.05) is 20.8 Å². The Morgan fingerprint density at radius 1 is 1.50 bits per heavy atom. The lowest BCUT2D eigenvalue weighted by atomic mass is 9.90. The van der Waals surface area contributed by atoms with Gasteiger partial charge in [0.25, 0.3) is 0 Å². The number of hydrogen-bond donors (Lipinski definition) is 2. The monoisotopic (exact) mass is 258 g/mol. The van der Waals surface area contributed by atoms with E-state index in [9.17, 15) is 4.79 Å². The van der Waals surface area contributed by atoms with E-state index >= 15 is 0 Å². The van der Waals surface area contributed by atoms with E-state index in [0.29, 0.717) is 0 Å². The summed E-state index contributed by atoms with van der Waals surface area (Å²) < 4.78 is 10.9. The summed E-state index contributed by atoms with van der Waals surface area (Å²) >= 11 is 0. The molecule has 2 unspecified atom stereocenters. The second-order valence-electron chi connectivity index (χ2n) is 6.11. The first-order valence-corrected chi connectivity index (χ1v) is 6.62. The van der Waals surface area contributed by atoms with Gasteiger partial charge in [-0.05, 0) is 47.0 Å². The minimum Gasteiger partial charge on any atom is -0.443 e. The van der Waals surface area contributed by atoms with Crippen LogP contribution in [0.5, 0.6) is 0 Å². The van der Waals surface area contributed by atoms with Gasteiger partial charge in [-0.25, -0.2) is 10.2 Å². The van der Waals surface area contributed by atoms with Crippen molar-refractivity contribution in [1.82, 2.24) is 10.9 Å². The molecule has 0 aliphatic carbocycles. The van der Waals surface area contributed by atoms with Gasteiger partial charge in [0.05, 0.1) is 5.60 Å². The summed E-state index contributed by atoms with van der Waals surface area (Å²) in [6.07, 6.45) is 2.31. The largest absolute Gasteiger partial charge is 0.443 e. The van der Waals surface area contributed by atoms with Gasteiger partial charge in [0, 0.05) is 12.6 Å². The van der Waals surface area contributed by atoms with Crippen LogP contribution in [0.1, 0.15) is 53.9 Å². The first-order chi connectivity index (χ1) is 8.24. The number of ether oxygens (including phenoxy) is 2. The predicted molar refractivity (Wildman–Crippen MR) is 70.2 cm³/mol. The van der Waals surface area contributed by atoms with E-state index in [0.717, 1.165) is 25.9 Å². The van der Waals surface area contributed by atoms with E-state index in [1.54, 1.807) is 0 Å².